The maximum absolute atomic E-state index is 5.32. The maximum Gasteiger partial charge on any atom is 0.0871 e. The quantitative estimate of drug-likeness (QED) is 0.732. The van der Waals surface area contributed by atoms with Crippen LogP contribution in [0.1, 0.15) is 45.4 Å². The van der Waals surface area contributed by atoms with Crippen molar-refractivity contribution in [3.63, 3.8) is 0 Å². The SMILES string of the molecule is C.COC(C)(C)c1ccccc1.COC(C)c1ccccc1. The molecule has 0 aliphatic heterocycles. The Hall–Kier alpha value is -1.64. The van der Waals surface area contributed by atoms with Crippen LogP contribution in [0.2, 0.25) is 0 Å². The van der Waals surface area contributed by atoms with E-state index in [-0.39, 0.29) is 19.1 Å². The summed E-state index contributed by atoms with van der Waals surface area (Å²) in [6.07, 6.45) is 0.209. The van der Waals surface area contributed by atoms with Crippen LogP contribution in [-0.4, -0.2) is 14.2 Å². The topological polar surface area (TPSA) is 18.5 Å². The molecule has 0 aliphatic rings. The Morgan fingerprint density at radius 2 is 1.27 bits per heavy atom. The van der Waals surface area contributed by atoms with Gasteiger partial charge >= 0.3 is 0 Å². The summed E-state index contributed by atoms with van der Waals surface area (Å²) in [6.45, 7) is 6.15. The van der Waals surface area contributed by atoms with Gasteiger partial charge in [-0.1, -0.05) is 68.1 Å². The lowest BCUT2D eigenvalue weighted by molar-refractivity contribution is 0.0192. The molecule has 122 valence electrons. The highest BCUT2D eigenvalue weighted by molar-refractivity contribution is 5.20. The largest absolute Gasteiger partial charge is 0.377 e. The van der Waals surface area contributed by atoms with E-state index in [1.807, 2.05) is 43.3 Å². The lowest BCUT2D eigenvalue weighted by Crippen LogP contribution is -2.18. The number of ether oxygens (including phenoxy) is 2. The summed E-state index contributed by atoms with van der Waals surface area (Å²) in [5, 5.41) is 0. The fraction of sp³-hybridized carbons (Fsp3) is 0.400. The summed E-state index contributed by atoms with van der Waals surface area (Å²) in [6, 6.07) is 20.4. The normalized spacial score (nSPS) is 11.7. The minimum atomic E-state index is -0.165. The minimum absolute atomic E-state index is 0. The lowest BCUT2D eigenvalue weighted by Gasteiger charge is -2.22. The van der Waals surface area contributed by atoms with Crippen molar-refractivity contribution < 1.29 is 9.47 Å². The van der Waals surface area contributed by atoms with Gasteiger partial charge in [0.05, 0.1) is 11.7 Å². The third-order valence-electron chi connectivity index (χ3n) is 3.60. The molecule has 0 heterocycles. The molecular weight excluding hydrogens is 272 g/mol. The smallest absolute Gasteiger partial charge is 0.0871 e. The van der Waals surface area contributed by atoms with Crippen molar-refractivity contribution in [2.45, 2.75) is 39.9 Å². The lowest BCUT2D eigenvalue weighted by atomic mass is 9.98. The maximum atomic E-state index is 5.32. The standard InChI is InChI=1S/C10H14O.C9H12O.CH4/c1-10(2,11-3)9-7-5-4-6-8-9;1-8(10-2)9-6-4-3-5-7-9;/h4-8H,1-3H3;3-8H,1-2H3;1H4. The highest BCUT2D eigenvalue weighted by atomic mass is 16.5. The van der Waals surface area contributed by atoms with Gasteiger partial charge in [0, 0.05) is 14.2 Å². The first kappa shape index (κ1) is 20.4. The highest BCUT2D eigenvalue weighted by Gasteiger charge is 2.17. The van der Waals surface area contributed by atoms with E-state index in [2.05, 4.69) is 38.1 Å². The molecule has 2 nitrogen and oxygen atoms in total. The van der Waals surface area contributed by atoms with E-state index in [0.717, 1.165) is 0 Å². The van der Waals surface area contributed by atoms with Crippen molar-refractivity contribution in [2.75, 3.05) is 14.2 Å². The average molecular weight is 302 g/mol. The third kappa shape index (κ3) is 6.42. The summed E-state index contributed by atoms with van der Waals surface area (Å²) in [7, 11) is 3.45. The zero-order chi connectivity index (χ0) is 15.7. The molecule has 0 radical (unpaired) electrons. The van der Waals surface area contributed by atoms with Crippen LogP contribution in [0.15, 0.2) is 60.7 Å². The van der Waals surface area contributed by atoms with Crippen LogP contribution in [0.25, 0.3) is 0 Å². The number of benzene rings is 2. The van der Waals surface area contributed by atoms with Crippen molar-refractivity contribution in [1.82, 2.24) is 0 Å². The van der Waals surface area contributed by atoms with E-state index in [1.165, 1.54) is 11.1 Å². The Labute approximate surface area is 136 Å². The van der Waals surface area contributed by atoms with Gasteiger partial charge < -0.3 is 9.47 Å². The molecule has 2 rings (SSSR count). The van der Waals surface area contributed by atoms with Gasteiger partial charge in [-0.2, -0.15) is 0 Å². The number of hydrogen-bond donors (Lipinski definition) is 0. The van der Waals surface area contributed by atoms with Gasteiger partial charge in [-0.05, 0) is 31.9 Å². The van der Waals surface area contributed by atoms with E-state index in [1.54, 1.807) is 14.2 Å². The third-order valence-corrected chi connectivity index (χ3v) is 3.60. The molecule has 22 heavy (non-hydrogen) atoms. The molecule has 2 aromatic carbocycles. The van der Waals surface area contributed by atoms with Crippen molar-refractivity contribution in [2.24, 2.45) is 0 Å². The molecule has 0 saturated heterocycles. The fourth-order valence-electron chi connectivity index (χ4n) is 1.82. The molecule has 0 aliphatic carbocycles. The Bertz CT molecular complexity index is 492. The number of hydrogen-bond acceptors (Lipinski definition) is 2. The van der Waals surface area contributed by atoms with E-state index in [9.17, 15) is 0 Å². The molecule has 0 fully saturated rings. The molecule has 0 N–H and O–H groups in total. The van der Waals surface area contributed by atoms with E-state index in [4.69, 9.17) is 9.47 Å². The Morgan fingerprint density at radius 1 is 0.818 bits per heavy atom. The molecule has 0 bridgehead atoms. The molecule has 1 atom stereocenters. The minimum Gasteiger partial charge on any atom is -0.377 e. The zero-order valence-electron chi connectivity index (χ0n) is 13.7. The first-order valence-electron chi connectivity index (χ1n) is 7.19. The van der Waals surface area contributed by atoms with E-state index >= 15 is 0 Å². The second kappa shape index (κ2) is 10.1. The summed E-state index contributed by atoms with van der Waals surface area (Å²) in [5.74, 6) is 0. The highest BCUT2D eigenvalue weighted by Crippen LogP contribution is 2.22. The fourth-order valence-corrected chi connectivity index (χ4v) is 1.82. The molecule has 0 aromatic heterocycles. The van der Waals surface area contributed by atoms with Crippen LogP contribution >= 0.6 is 0 Å². The molecule has 2 heteroatoms. The van der Waals surface area contributed by atoms with Crippen LogP contribution in [0.3, 0.4) is 0 Å². The summed E-state index contributed by atoms with van der Waals surface area (Å²) >= 11 is 0. The molecule has 0 saturated carbocycles. The van der Waals surface area contributed by atoms with E-state index in [0.29, 0.717) is 0 Å². The summed E-state index contributed by atoms with van der Waals surface area (Å²) < 4.78 is 10.5. The van der Waals surface area contributed by atoms with Crippen molar-refractivity contribution in [3.05, 3.63) is 71.8 Å². The van der Waals surface area contributed by atoms with Gasteiger partial charge in [0.2, 0.25) is 0 Å². The predicted octanol–water partition coefficient (Wildman–Crippen LogP) is 5.60. The van der Waals surface area contributed by atoms with Gasteiger partial charge in [-0.3, -0.25) is 0 Å². The van der Waals surface area contributed by atoms with Crippen molar-refractivity contribution in [3.8, 4) is 0 Å². The van der Waals surface area contributed by atoms with Crippen LogP contribution in [-0.2, 0) is 15.1 Å². The van der Waals surface area contributed by atoms with Gasteiger partial charge in [-0.25, -0.2) is 0 Å². The molecule has 2 aromatic rings. The molecule has 0 amide bonds. The van der Waals surface area contributed by atoms with Gasteiger partial charge in [0.1, 0.15) is 0 Å². The number of methoxy groups -OCH3 is 2. The van der Waals surface area contributed by atoms with E-state index < -0.39 is 0 Å². The molecule has 0 spiro atoms. The Morgan fingerprint density at radius 3 is 1.68 bits per heavy atom. The van der Waals surface area contributed by atoms with Gasteiger partial charge in [-0.15, -0.1) is 0 Å². The number of rotatable bonds is 4. The summed E-state index contributed by atoms with van der Waals surface area (Å²) in [5.41, 5.74) is 2.27. The second-order valence-corrected chi connectivity index (χ2v) is 5.37. The van der Waals surface area contributed by atoms with Gasteiger partial charge in [0.25, 0.3) is 0 Å². The van der Waals surface area contributed by atoms with Crippen LogP contribution in [0.5, 0.6) is 0 Å². The first-order valence-corrected chi connectivity index (χ1v) is 7.19. The Balaban J connectivity index is 0.000000385. The first-order chi connectivity index (χ1) is 10.0. The summed E-state index contributed by atoms with van der Waals surface area (Å²) in [4.78, 5) is 0. The Kier molecular flexibility index (Phi) is 9.39. The van der Waals surface area contributed by atoms with Crippen molar-refractivity contribution >= 4 is 0 Å². The second-order valence-electron chi connectivity index (χ2n) is 5.37. The zero-order valence-corrected chi connectivity index (χ0v) is 13.7. The molecule has 1 unspecified atom stereocenters. The van der Waals surface area contributed by atoms with Crippen LogP contribution in [0, 0.1) is 0 Å². The van der Waals surface area contributed by atoms with Crippen LogP contribution < -0.4 is 0 Å². The predicted molar refractivity (Wildman–Crippen MR) is 95.1 cm³/mol. The van der Waals surface area contributed by atoms with Crippen molar-refractivity contribution in [1.29, 1.82) is 0 Å². The molecular formula is C20H30O2. The van der Waals surface area contributed by atoms with Gasteiger partial charge in [0.15, 0.2) is 0 Å². The monoisotopic (exact) mass is 302 g/mol. The average Bonchev–Trinajstić information content (AvgIpc) is 2.56. The van der Waals surface area contributed by atoms with Crippen LogP contribution in [0.4, 0.5) is 0 Å².